The molecular formula is C24H36NNaO7S. The number of ether oxygens (including phenoxy) is 2. The van der Waals surface area contributed by atoms with Gasteiger partial charge in [0.25, 0.3) is 10.1 Å². The van der Waals surface area contributed by atoms with Gasteiger partial charge in [-0.15, -0.1) is 0 Å². The Morgan fingerprint density at radius 2 is 1.79 bits per heavy atom. The second-order valence-corrected chi connectivity index (χ2v) is 11.1. The zero-order valence-electron chi connectivity index (χ0n) is 20.2. The molecule has 2 rings (SSSR count). The van der Waals surface area contributed by atoms with Crippen LogP contribution in [0, 0.1) is 5.41 Å². The number of nitrogens with one attached hydrogen (secondary N) is 1. The molecule has 0 bridgehead atoms. The van der Waals surface area contributed by atoms with Gasteiger partial charge >= 0.3 is 35.5 Å². The molecule has 0 aromatic heterocycles. The normalized spacial score (nSPS) is 27.6. The van der Waals surface area contributed by atoms with Crippen molar-refractivity contribution >= 4 is 51.6 Å². The first-order valence-corrected chi connectivity index (χ1v) is 12.5. The van der Waals surface area contributed by atoms with E-state index in [-0.39, 0.29) is 46.2 Å². The van der Waals surface area contributed by atoms with Crippen LogP contribution < -0.4 is 5.32 Å². The molecule has 0 aromatic rings. The van der Waals surface area contributed by atoms with Crippen molar-refractivity contribution in [2.45, 2.75) is 71.1 Å². The predicted molar refractivity (Wildman–Crippen MR) is 133 cm³/mol. The number of hydrogen-bond donors (Lipinski definition) is 2. The summed E-state index contributed by atoms with van der Waals surface area (Å²) < 4.78 is 41.7. The summed E-state index contributed by atoms with van der Waals surface area (Å²) in [5, 5.41) is 2.23. The van der Waals surface area contributed by atoms with Crippen LogP contribution in [0.15, 0.2) is 47.6 Å². The molecule has 3 atom stereocenters. The van der Waals surface area contributed by atoms with Gasteiger partial charge in [-0.3, -0.25) is 9.35 Å². The van der Waals surface area contributed by atoms with Gasteiger partial charge in [0, 0.05) is 11.5 Å². The van der Waals surface area contributed by atoms with Crippen molar-refractivity contribution in [1.82, 2.24) is 5.32 Å². The summed E-state index contributed by atoms with van der Waals surface area (Å²) in [5.41, 5.74) is 1.36. The summed E-state index contributed by atoms with van der Waals surface area (Å²) in [7, 11) is -3.42. The van der Waals surface area contributed by atoms with Gasteiger partial charge < -0.3 is 14.8 Å². The van der Waals surface area contributed by atoms with Gasteiger partial charge in [0.05, 0.1) is 12.7 Å². The first-order valence-electron chi connectivity index (χ1n) is 10.9. The van der Waals surface area contributed by atoms with E-state index in [1.165, 1.54) is 12.5 Å². The van der Waals surface area contributed by atoms with Gasteiger partial charge in [-0.2, -0.15) is 8.42 Å². The van der Waals surface area contributed by atoms with Crippen molar-refractivity contribution in [3.63, 3.8) is 0 Å². The number of methoxy groups -OCH3 is 1. The minimum absolute atomic E-state index is 0. The van der Waals surface area contributed by atoms with E-state index >= 15 is 0 Å². The van der Waals surface area contributed by atoms with Crippen molar-refractivity contribution in [3.8, 4) is 0 Å². The number of hydrogen-bond acceptors (Lipinski definition) is 6. The van der Waals surface area contributed by atoms with Crippen molar-refractivity contribution in [3.05, 3.63) is 47.6 Å². The summed E-state index contributed by atoms with van der Waals surface area (Å²) in [6.07, 6.45) is 14.2. The minimum atomic E-state index is -4.48. The van der Waals surface area contributed by atoms with Crippen LogP contribution >= 0.6 is 0 Å². The van der Waals surface area contributed by atoms with E-state index in [2.05, 4.69) is 43.0 Å². The number of carbonyl (C=O) groups is 2. The zero-order valence-corrected chi connectivity index (χ0v) is 21.0. The third-order valence-corrected chi connectivity index (χ3v) is 7.18. The number of allylic oxidation sites excluding steroid dienone is 6. The van der Waals surface area contributed by atoms with Gasteiger partial charge in [0.2, 0.25) is 5.91 Å². The second-order valence-electron chi connectivity index (χ2n) is 9.63. The third-order valence-electron chi connectivity index (χ3n) is 6.43. The Hall–Kier alpha value is -1.23. The first kappa shape index (κ1) is 30.8. The Labute approximate surface area is 225 Å². The van der Waals surface area contributed by atoms with Crippen LogP contribution in [0.5, 0.6) is 0 Å². The molecule has 0 spiro atoms. The summed E-state index contributed by atoms with van der Waals surface area (Å²) in [5.74, 6) is -2.62. The molecule has 2 aliphatic rings. The van der Waals surface area contributed by atoms with E-state index in [4.69, 9.17) is 9.29 Å². The van der Waals surface area contributed by atoms with Crippen LogP contribution in [0.2, 0.25) is 0 Å². The van der Waals surface area contributed by atoms with Gasteiger partial charge in [-0.05, 0) is 51.7 Å². The SMILES string of the molecule is COC(=O)C(CS(=O)(=O)O)NC(=O)/C=C(C)/C=C/C=C(C)\C=C\C12OC1(C)CCCC2(C)C.[NaH]. The third kappa shape index (κ3) is 7.63. The van der Waals surface area contributed by atoms with Crippen LogP contribution in [0.25, 0.3) is 0 Å². The maximum absolute atomic E-state index is 12.1. The predicted octanol–water partition coefficient (Wildman–Crippen LogP) is 2.63. The number of amides is 1. The van der Waals surface area contributed by atoms with Crippen molar-refractivity contribution < 1.29 is 32.0 Å². The summed E-state index contributed by atoms with van der Waals surface area (Å²) >= 11 is 0. The van der Waals surface area contributed by atoms with Gasteiger partial charge in [0.15, 0.2) is 0 Å². The monoisotopic (exact) mass is 505 g/mol. The summed E-state index contributed by atoms with van der Waals surface area (Å²) in [4.78, 5) is 23.8. The average Bonchev–Trinajstić information content (AvgIpc) is 3.31. The van der Waals surface area contributed by atoms with Crippen LogP contribution in [0.1, 0.15) is 53.9 Å². The van der Waals surface area contributed by atoms with Crippen LogP contribution in [0.3, 0.4) is 0 Å². The molecule has 3 unspecified atom stereocenters. The molecule has 2 N–H and O–H groups in total. The molecule has 34 heavy (non-hydrogen) atoms. The van der Waals surface area contributed by atoms with E-state index in [0.29, 0.717) is 5.57 Å². The number of fused-ring (bicyclic) bond motifs is 1. The van der Waals surface area contributed by atoms with Gasteiger partial charge in [-0.25, -0.2) is 4.79 Å². The zero-order chi connectivity index (χ0) is 25.1. The molecule has 1 heterocycles. The standard InChI is InChI=1S/C24H35NO7S.Na.H/c1-17(11-14-24-22(3,4)12-8-13-23(24,5)32-24)9-7-10-18(2)15-20(26)25-19(21(27)31-6)16-33(28,29)30;;/h7,9-11,14-15,19H,8,12-13,16H2,1-6H3,(H,25,26)(H,28,29,30);;/b10-7+,14-11+,17-9-,18-15+;;. The van der Waals surface area contributed by atoms with Crippen LogP contribution in [-0.4, -0.2) is 84.5 Å². The molecule has 1 aliphatic carbocycles. The summed E-state index contributed by atoms with van der Waals surface area (Å²) in [6.45, 7) is 10.4. The molecule has 0 aromatic carbocycles. The molecule has 0 radical (unpaired) electrons. The Kier molecular flexibility index (Phi) is 10.6. The van der Waals surface area contributed by atoms with Crippen molar-refractivity contribution in [2.75, 3.05) is 12.9 Å². The fourth-order valence-electron chi connectivity index (χ4n) is 4.56. The second kappa shape index (κ2) is 11.7. The van der Waals surface area contributed by atoms with Crippen LogP contribution in [0.4, 0.5) is 0 Å². The van der Waals surface area contributed by atoms with E-state index in [1.54, 1.807) is 19.1 Å². The van der Waals surface area contributed by atoms with Crippen molar-refractivity contribution in [1.29, 1.82) is 0 Å². The maximum atomic E-state index is 12.1. The van der Waals surface area contributed by atoms with E-state index in [9.17, 15) is 18.0 Å². The van der Waals surface area contributed by atoms with Gasteiger partial charge in [0.1, 0.15) is 17.4 Å². The van der Waals surface area contributed by atoms with E-state index in [0.717, 1.165) is 25.5 Å². The number of rotatable bonds is 9. The Morgan fingerprint density at radius 1 is 1.15 bits per heavy atom. The van der Waals surface area contributed by atoms with E-state index in [1.807, 2.05) is 13.0 Å². The topological polar surface area (TPSA) is 122 Å². The summed E-state index contributed by atoms with van der Waals surface area (Å²) in [6, 6.07) is -1.50. The molecule has 186 valence electrons. The molecule has 2 fully saturated rings. The first-order chi connectivity index (χ1) is 15.1. The molecule has 8 nitrogen and oxygen atoms in total. The average molecular weight is 506 g/mol. The molecule has 1 aliphatic heterocycles. The Morgan fingerprint density at radius 3 is 2.35 bits per heavy atom. The fraction of sp³-hybridized carbons (Fsp3) is 0.583. The molecular weight excluding hydrogens is 469 g/mol. The molecule has 1 saturated carbocycles. The molecule has 10 heteroatoms. The molecule has 1 saturated heterocycles. The Balaban J connectivity index is 0.00000578. The Bertz CT molecular complexity index is 1010. The molecule has 1 amide bonds. The van der Waals surface area contributed by atoms with Crippen molar-refractivity contribution in [2.24, 2.45) is 5.41 Å². The number of epoxide rings is 1. The quantitative estimate of drug-likeness (QED) is 0.123. The number of esters is 1. The van der Waals surface area contributed by atoms with Gasteiger partial charge in [-0.1, -0.05) is 43.7 Å². The van der Waals surface area contributed by atoms with E-state index < -0.39 is 33.8 Å². The van der Waals surface area contributed by atoms with Crippen LogP contribution in [-0.2, 0) is 29.2 Å². The fourth-order valence-corrected chi connectivity index (χ4v) is 5.20. The number of carbonyl (C=O) groups excluding carboxylic acids is 2.